The molecule has 3 aliphatic heterocycles. The van der Waals surface area contributed by atoms with Crippen LogP contribution in [0.3, 0.4) is 0 Å². The molecule has 3 atom stereocenters. The highest BCUT2D eigenvalue weighted by molar-refractivity contribution is 5.87. The van der Waals surface area contributed by atoms with E-state index in [0.717, 1.165) is 55.8 Å². The smallest absolute Gasteiger partial charge is 0.318 e. The van der Waals surface area contributed by atoms with Gasteiger partial charge in [-0.2, -0.15) is 15.2 Å². The first-order valence-electron chi connectivity index (χ1n) is 15.1. The maximum absolute atomic E-state index is 12.5. The minimum absolute atomic E-state index is 0.125. The van der Waals surface area contributed by atoms with Crippen molar-refractivity contribution in [1.82, 2.24) is 19.8 Å². The summed E-state index contributed by atoms with van der Waals surface area (Å²) in [6.07, 6.45) is 7.03. The second-order valence-electron chi connectivity index (χ2n) is 12.1. The van der Waals surface area contributed by atoms with Gasteiger partial charge in [-0.1, -0.05) is 25.6 Å². The molecular weight excluding hydrogens is 514 g/mol. The number of amides is 1. The average Bonchev–Trinajstić information content (AvgIpc) is 3.58. The Morgan fingerprint density at radius 2 is 2.02 bits per heavy atom. The van der Waals surface area contributed by atoms with Crippen LogP contribution in [0.25, 0.3) is 0 Å². The van der Waals surface area contributed by atoms with Crippen LogP contribution in [0.5, 0.6) is 6.01 Å². The lowest BCUT2D eigenvalue weighted by atomic mass is 10.0. The molecule has 2 fully saturated rings. The molecule has 2 aromatic rings. The summed E-state index contributed by atoms with van der Waals surface area (Å²) in [7, 11) is 2.15. The van der Waals surface area contributed by atoms with Gasteiger partial charge >= 0.3 is 6.01 Å². The highest BCUT2D eigenvalue weighted by Gasteiger charge is 2.34. The number of benzene rings is 1. The maximum atomic E-state index is 12.5. The molecule has 1 aromatic carbocycles. The van der Waals surface area contributed by atoms with E-state index in [0.29, 0.717) is 50.8 Å². The number of likely N-dealkylation sites (tertiary alicyclic amines) is 1. The predicted octanol–water partition coefficient (Wildman–Crippen LogP) is 3.36. The second-order valence-corrected chi connectivity index (χ2v) is 12.1. The van der Waals surface area contributed by atoms with Crippen LogP contribution in [-0.4, -0.2) is 84.1 Å². The van der Waals surface area contributed by atoms with Gasteiger partial charge in [0.05, 0.1) is 30.8 Å². The first-order valence-corrected chi connectivity index (χ1v) is 15.1. The van der Waals surface area contributed by atoms with Gasteiger partial charge in [-0.3, -0.25) is 4.79 Å². The lowest BCUT2D eigenvalue weighted by Gasteiger charge is -2.42. The van der Waals surface area contributed by atoms with Crippen LogP contribution in [0.1, 0.15) is 48.6 Å². The van der Waals surface area contributed by atoms with Gasteiger partial charge in [-0.25, -0.2) is 0 Å². The average molecular weight is 556 g/mol. The molecule has 2 saturated heterocycles. The minimum Gasteiger partial charge on any atom is -0.462 e. The number of anilines is 2. The SMILES string of the molecule is C=CC(=O)N1CCN(c2nc(OC[C@@H]3CCCN3C)nc3c2CCN(c2cccc4c2C[C@H](C)C4)C3)C[C@@H]1CC#N. The highest BCUT2D eigenvalue weighted by atomic mass is 16.5. The zero-order chi connectivity index (χ0) is 28.5. The molecule has 1 aromatic heterocycles. The van der Waals surface area contributed by atoms with Crippen molar-refractivity contribution < 1.29 is 9.53 Å². The number of hydrogen-bond donors (Lipinski definition) is 0. The molecule has 9 heteroatoms. The maximum Gasteiger partial charge on any atom is 0.318 e. The number of fused-ring (bicyclic) bond motifs is 2. The van der Waals surface area contributed by atoms with Crippen molar-refractivity contribution in [2.75, 3.05) is 56.2 Å². The van der Waals surface area contributed by atoms with E-state index >= 15 is 0 Å². The summed E-state index contributed by atoms with van der Waals surface area (Å²) in [5, 5.41) is 9.51. The Hall–Kier alpha value is -3.64. The molecule has 4 heterocycles. The first-order chi connectivity index (χ1) is 19.9. The molecule has 1 aliphatic carbocycles. The highest BCUT2D eigenvalue weighted by Crippen LogP contribution is 2.38. The second kappa shape index (κ2) is 11.7. The largest absolute Gasteiger partial charge is 0.462 e. The molecule has 0 N–H and O–H groups in total. The third-order valence-corrected chi connectivity index (χ3v) is 9.38. The number of ether oxygens (including phenoxy) is 1. The van der Waals surface area contributed by atoms with Crippen LogP contribution in [0, 0.1) is 17.2 Å². The molecule has 9 nitrogen and oxygen atoms in total. The van der Waals surface area contributed by atoms with Crippen molar-refractivity contribution in [3.05, 3.63) is 53.2 Å². The van der Waals surface area contributed by atoms with Crippen molar-refractivity contribution >= 4 is 17.4 Å². The third kappa shape index (κ3) is 5.50. The van der Waals surface area contributed by atoms with Gasteiger partial charge in [0, 0.05) is 43.5 Å². The number of nitrogens with zero attached hydrogens (tertiary/aromatic N) is 7. The molecule has 6 rings (SSSR count). The number of hydrogen-bond acceptors (Lipinski definition) is 8. The van der Waals surface area contributed by atoms with E-state index in [9.17, 15) is 10.1 Å². The quantitative estimate of drug-likeness (QED) is 0.481. The molecule has 0 saturated carbocycles. The normalized spacial score (nSPS) is 24.1. The van der Waals surface area contributed by atoms with Gasteiger partial charge in [0.25, 0.3) is 0 Å². The monoisotopic (exact) mass is 555 g/mol. The van der Waals surface area contributed by atoms with Crippen LogP contribution in [0.2, 0.25) is 0 Å². The Kier molecular flexibility index (Phi) is 7.85. The van der Waals surface area contributed by atoms with Crippen molar-refractivity contribution in [2.45, 2.75) is 64.1 Å². The van der Waals surface area contributed by atoms with E-state index in [-0.39, 0.29) is 18.4 Å². The topological polar surface area (TPSA) is 88.8 Å². The van der Waals surface area contributed by atoms with Gasteiger partial charge in [-0.15, -0.1) is 0 Å². The van der Waals surface area contributed by atoms with E-state index in [2.05, 4.69) is 59.5 Å². The Balaban J connectivity index is 1.31. The summed E-state index contributed by atoms with van der Waals surface area (Å²) in [5.74, 6) is 1.45. The van der Waals surface area contributed by atoms with Crippen LogP contribution >= 0.6 is 0 Å². The van der Waals surface area contributed by atoms with E-state index in [4.69, 9.17) is 14.7 Å². The van der Waals surface area contributed by atoms with Crippen molar-refractivity contribution in [3.8, 4) is 12.1 Å². The number of nitriles is 1. The van der Waals surface area contributed by atoms with Crippen molar-refractivity contribution in [3.63, 3.8) is 0 Å². The number of likely N-dealkylation sites (N-methyl/N-ethyl adjacent to an activating group) is 1. The fourth-order valence-electron chi connectivity index (χ4n) is 7.16. The molecule has 41 heavy (non-hydrogen) atoms. The van der Waals surface area contributed by atoms with Gasteiger partial charge in [0.2, 0.25) is 5.91 Å². The summed E-state index contributed by atoms with van der Waals surface area (Å²) >= 11 is 0. The lowest BCUT2D eigenvalue weighted by molar-refractivity contribution is -0.128. The Morgan fingerprint density at radius 1 is 1.15 bits per heavy atom. The number of rotatable bonds is 7. The zero-order valence-corrected chi connectivity index (χ0v) is 24.4. The Morgan fingerprint density at radius 3 is 2.80 bits per heavy atom. The Bertz CT molecular complexity index is 1350. The van der Waals surface area contributed by atoms with E-state index in [1.165, 1.54) is 29.3 Å². The van der Waals surface area contributed by atoms with Crippen LogP contribution < -0.4 is 14.5 Å². The summed E-state index contributed by atoms with van der Waals surface area (Å²) in [5.41, 5.74) is 6.47. The summed E-state index contributed by atoms with van der Waals surface area (Å²) in [6, 6.07) is 9.59. The zero-order valence-electron chi connectivity index (χ0n) is 24.4. The molecule has 216 valence electrons. The minimum atomic E-state index is -0.213. The molecule has 1 amide bonds. The molecule has 0 unspecified atom stereocenters. The van der Waals surface area contributed by atoms with Crippen LogP contribution in [0.4, 0.5) is 11.5 Å². The van der Waals surface area contributed by atoms with Crippen molar-refractivity contribution in [2.24, 2.45) is 5.92 Å². The van der Waals surface area contributed by atoms with Gasteiger partial charge in [-0.05, 0) is 74.9 Å². The third-order valence-electron chi connectivity index (χ3n) is 9.38. The van der Waals surface area contributed by atoms with Gasteiger partial charge in [0.1, 0.15) is 12.4 Å². The number of carbonyl (C=O) groups excluding carboxylic acids is 1. The molecule has 0 bridgehead atoms. The van der Waals surface area contributed by atoms with E-state index < -0.39 is 0 Å². The standard InChI is InChI=1S/C32H41N7O2/c1-4-30(40)39-16-15-38(19-24(39)10-12-33)31-26-11-14-37(29-9-5-7-23-17-22(2)18-27(23)29)20-28(26)34-32(35-31)41-21-25-8-6-13-36(25)3/h4-5,7,9,22,24-25H,1,6,8,10-11,13-21H2,2-3H3/t22-,24+,25+/m1/s1. The van der Waals surface area contributed by atoms with E-state index in [1.807, 2.05) is 0 Å². The van der Waals surface area contributed by atoms with E-state index in [1.54, 1.807) is 4.90 Å². The molecular formula is C32H41N7O2. The molecule has 4 aliphatic rings. The fraction of sp³-hybridized carbons (Fsp3) is 0.562. The molecule has 0 spiro atoms. The molecule has 0 radical (unpaired) electrons. The Labute approximate surface area is 243 Å². The lowest BCUT2D eigenvalue weighted by Crippen LogP contribution is -2.55. The summed E-state index contributed by atoms with van der Waals surface area (Å²) < 4.78 is 6.30. The number of carbonyl (C=O) groups is 1. The van der Waals surface area contributed by atoms with Crippen LogP contribution in [-0.2, 0) is 30.6 Å². The summed E-state index contributed by atoms with van der Waals surface area (Å²) in [6.45, 7) is 11.0. The fourth-order valence-corrected chi connectivity index (χ4v) is 7.16. The summed E-state index contributed by atoms with van der Waals surface area (Å²) in [4.78, 5) is 31.3. The van der Waals surface area contributed by atoms with Crippen molar-refractivity contribution in [1.29, 1.82) is 5.26 Å². The number of aromatic nitrogens is 2. The van der Waals surface area contributed by atoms with Gasteiger partial charge < -0.3 is 24.3 Å². The first kappa shape index (κ1) is 27.5. The van der Waals surface area contributed by atoms with Crippen LogP contribution in [0.15, 0.2) is 30.9 Å². The predicted molar refractivity (Wildman–Crippen MR) is 159 cm³/mol. The van der Waals surface area contributed by atoms with Gasteiger partial charge in [0.15, 0.2) is 0 Å². The number of piperazine rings is 1.